The lowest BCUT2D eigenvalue weighted by Gasteiger charge is -2.16. The molecule has 0 radical (unpaired) electrons. The number of hydrogen-bond acceptors (Lipinski definition) is 3. The van der Waals surface area contributed by atoms with E-state index in [0.29, 0.717) is 4.57 Å². The van der Waals surface area contributed by atoms with Crippen molar-refractivity contribution in [1.82, 2.24) is 9.55 Å². The van der Waals surface area contributed by atoms with E-state index in [2.05, 4.69) is 4.98 Å². The van der Waals surface area contributed by atoms with E-state index < -0.39 is 24.1 Å². The summed E-state index contributed by atoms with van der Waals surface area (Å²) < 4.78 is 39.4. The molecule has 0 spiro atoms. The number of imidazole rings is 1. The molecule has 3 rings (SSSR count). The highest BCUT2D eigenvalue weighted by atomic mass is 19.3. The number of alkyl halides is 2. The van der Waals surface area contributed by atoms with Crippen molar-refractivity contribution in [2.45, 2.75) is 13.1 Å². The fraction of sp³-hybridized carbons (Fsp3) is 0.154. The van der Waals surface area contributed by atoms with Crippen molar-refractivity contribution in [1.29, 1.82) is 0 Å². The van der Waals surface area contributed by atoms with Gasteiger partial charge >= 0.3 is 6.55 Å². The number of aromatic nitrogens is 2. The van der Waals surface area contributed by atoms with Crippen LogP contribution in [0.4, 0.5) is 18.9 Å². The number of amides is 1. The zero-order valence-electron chi connectivity index (χ0n) is 10.5. The molecule has 21 heavy (non-hydrogen) atoms. The normalized spacial score (nSPS) is 14.2. The van der Waals surface area contributed by atoms with E-state index in [1.54, 1.807) is 0 Å². The third-order valence-corrected chi connectivity index (χ3v) is 3.19. The summed E-state index contributed by atoms with van der Waals surface area (Å²) >= 11 is 0. The minimum Gasteiger partial charge on any atom is -0.297 e. The fourth-order valence-electron chi connectivity index (χ4n) is 2.21. The molecule has 0 N–H and O–H groups in total. The summed E-state index contributed by atoms with van der Waals surface area (Å²) in [6.45, 7) is -3.15. The van der Waals surface area contributed by atoms with Gasteiger partial charge in [0.15, 0.2) is 0 Å². The maximum atomic E-state index is 13.3. The first-order chi connectivity index (χ1) is 9.99. The van der Waals surface area contributed by atoms with Gasteiger partial charge in [0.05, 0.1) is 17.8 Å². The van der Waals surface area contributed by atoms with Crippen LogP contribution in [0, 0.1) is 5.82 Å². The van der Waals surface area contributed by atoms with E-state index in [9.17, 15) is 22.8 Å². The summed E-state index contributed by atoms with van der Waals surface area (Å²) in [6, 6.07) is 3.28. The van der Waals surface area contributed by atoms with E-state index >= 15 is 0 Å². The molecule has 2 aromatic rings. The zero-order valence-corrected chi connectivity index (χ0v) is 10.5. The molecule has 1 aromatic heterocycles. The number of rotatable bonds is 3. The minimum absolute atomic E-state index is 0.0524. The average molecular weight is 295 g/mol. The molecule has 1 aliphatic rings. The topological polar surface area (TPSA) is 55.2 Å². The van der Waals surface area contributed by atoms with Crippen molar-refractivity contribution < 1.29 is 22.8 Å². The second-order valence-corrected chi connectivity index (χ2v) is 4.41. The van der Waals surface area contributed by atoms with Crippen LogP contribution in [0.15, 0.2) is 30.6 Å². The lowest BCUT2D eigenvalue weighted by atomic mass is 10.1. The van der Waals surface area contributed by atoms with Gasteiger partial charge in [-0.15, -0.1) is 0 Å². The number of fused-ring (bicyclic) bond motifs is 1. The number of anilines is 1. The van der Waals surface area contributed by atoms with Gasteiger partial charge in [-0.25, -0.2) is 9.37 Å². The monoisotopic (exact) mass is 295 g/mol. The summed E-state index contributed by atoms with van der Waals surface area (Å²) in [5, 5.41) is 0. The Morgan fingerprint density at radius 1 is 1.24 bits per heavy atom. The van der Waals surface area contributed by atoms with Crippen LogP contribution in [-0.4, -0.2) is 21.2 Å². The highest BCUT2D eigenvalue weighted by molar-refractivity contribution is 6.52. The Kier molecular flexibility index (Phi) is 3.00. The van der Waals surface area contributed by atoms with Gasteiger partial charge in [0.2, 0.25) is 0 Å². The molecule has 1 aliphatic heterocycles. The Hall–Kier alpha value is -2.64. The van der Waals surface area contributed by atoms with Gasteiger partial charge in [-0.3, -0.25) is 19.1 Å². The number of carbonyl (C=O) groups excluding carboxylic acids is 2. The predicted molar refractivity (Wildman–Crippen MR) is 65.4 cm³/mol. The third kappa shape index (κ3) is 2.08. The first-order valence-corrected chi connectivity index (χ1v) is 5.94. The van der Waals surface area contributed by atoms with Gasteiger partial charge in [0.1, 0.15) is 11.6 Å². The van der Waals surface area contributed by atoms with E-state index in [1.165, 1.54) is 6.07 Å². The van der Waals surface area contributed by atoms with Crippen LogP contribution in [0.2, 0.25) is 0 Å². The summed E-state index contributed by atoms with van der Waals surface area (Å²) in [4.78, 5) is 28.4. The Balaban J connectivity index is 2.00. The Morgan fingerprint density at radius 3 is 2.71 bits per heavy atom. The Morgan fingerprint density at radius 2 is 2.00 bits per heavy atom. The number of Topliss-reactive ketones (excluding diaryl/α,β-unsaturated/α-hetero) is 1. The van der Waals surface area contributed by atoms with Gasteiger partial charge in [-0.2, -0.15) is 8.78 Å². The Labute approximate surface area is 116 Å². The molecular weight excluding hydrogens is 287 g/mol. The van der Waals surface area contributed by atoms with E-state index in [0.717, 1.165) is 29.4 Å². The van der Waals surface area contributed by atoms with Crippen LogP contribution in [-0.2, 0) is 11.3 Å². The van der Waals surface area contributed by atoms with Crippen molar-refractivity contribution in [3.8, 4) is 0 Å². The summed E-state index contributed by atoms with van der Waals surface area (Å²) in [5.74, 6) is -2.40. The van der Waals surface area contributed by atoms with E-state index in [1.807, 2.05) is 0 Å². The van der Waals surface area contributed by atoms with Crippen LogP contribution in [0.25, 0.3) is 0 Å². The minimum atomic E-state index is -2.82. The molecular formula is C13H8F3N3O2. The van der Waals surface area contributed by atoms with Gasteiger partial charge in [0.25, 0.3) is 11.7 Å². The zero-order chi connectivity index (χ0) is 15.1. The number of carbonyl (C=O) groups is 2. The van der Waals surface area contributed by atoms with Crippen molar-refractivity contribution >= 4 is 17.4 Å². The van der Waals surface area contributed by atoms with Gasteiger partial charge in [-0.1, -0.05) is 0 Å². The number of nitrogens with zero attached hydrogens (tertiary/aromatic N) is 3. The van der Waals surface area contributed by atoms with Crippen molar-refractivity contribution in [3.63, 3.8) is 0 Å². The average Bonchev–Trinajstić information content (AvgIpc) is 2.99. The van der Waals surface area contributed by atoms with Gasteiger partial charge < -0.3 is 0 Å². The van der Waals surface area contributed by atoms with Crippen LogP contribution in [0.5, 0.6) is 0 Å². The van der Waals surface area contributed by atoms with Crippen LogP contribution in [0.3, 0.4) is 0 Å². The lowest BCUT2D eigenvalue weighted by molar-refractivity contribution is -0.114. The molecule has 0 saturated carbocycles. The quantitative estimate of drug-likeness (QED) is 0.815. The molecule has 0 atom stereocenters. The molecule has 8 heteroatoms. The predicted octanol–water partition coefficient (Wildman–Crippen LogP) is 2.15. The fourth-order valence-corrected chi connectivity index (χ4v) is 2.21. The summed E-state index contributed by atoms with van der Waals surface area (Å²) in [5.41, 5.74) is 0.116. The number of hydrogen-bond donors (Lipinski definition) is 0. The molecule has 0 saturated heterocycles. The smallest absolute Gasteiger partial charge is 0.297 e. The third-order valence-electron chi connectivity index (χ3n) is 3.19. The van der Waals surface area contributed by atoms with E-state index in [-0.39, 0.29) is 23.6 Å². The first-order valence-electron chi connectivity index (χ1n) is 5.94. The van der Waals surface area contributed by atoms with Gasteiger partial charge in [-0.05, 0) is 18.2 Å². The van der Waals surface area contributed by atoms with Crippen molar-refractivity contribution in [3.05, 3.63) is 47.8 Å². The van der Waals surface area contributed by atoms with Gasteiger partial charge in [0, 0.05) is 12.4 Å². The maximum Gasteiger partial charge on any atom is 0.319 e. The molecule has 2 heterocycles. The second-order valence-electron chi connectivity index (χ2n) is 4.41. The molecule has 0 aliphatic carbocycles. The molecule has 1 amide bonds. The highest BCUT2D eigenvalue weighted by Gasteiger charge is 2.36. The summed E-state index contributed by atoms with van der Waals surface area (Å²) in [6.07, 6.45) is 2.23. The number of benzene rings is 1. The number of halogens is 3. The summed E-state index contributed by atoms with van der Waals surface area (Å²) in [7, 11) is 0. The molecule has 108 valence electrons. The molecule has 0 bridgehead atoms. The molecule has 0 unspecified atom stereocenters. The second kappa shape index (κ2) is 4.72. The van der Waals surface area contributed by atoms with Crippen molar-refractivity contribution in [2.24, 2.45) is 0 Å². The standard InChI is InChI=1S/C13H8F3N3O2/c14-7-1-2-8-9(5-7)19(12(21)11(8)20)6-10-17-3-4-18(10)13(15)16/h1-5,13H,6H2. The van der Waals surface area contributed by atoms with Crippen LogP contribution >= 0.6 is 0 Å². The highest BCUT2D eigenvalue weighted by Crippen LogP contribution is 2.31. The Bertz CT molecular complexity index is 742. The van der Waals surface area contributed by atoms with Crippen molar-refractivity contribution in [2.75, 3.05) is 4.90 Å². The van der Waals surface area contributed by atoms with E-state index in [4.69, 9.17) is 0 Å². The lowest BCUT2D eigenvalue weighted by Crippen LogP contribution is -2.30. The maximum absolute atomic E-state index is 13.3. The molecule has 0 fully saturated rings. The molecule has 5 nitrogen and oxygen atoms in total. The van der Waals surface area contributed by atoms with Crippen LogP contribution in [0.1, 0.15) is 22.7 Å². The largest absolute Gasteiger partial charge is 0.319 e. The van der Waals surface area contributed by atoms with Crippen LogP contribution < -0.4 is 4.90 Å². The number of ketones is 1. The molecule has 1 aromatic carbocycles. The first kappa shape index (κ1) is 13.3. The SMILES string of the molecule is O=C1C(=O)N(Cc2nccn2C(F)F)c2cc(F)ccc21.